The van der Waals surface area contributed by atoms with Crippen LogP contribution in [-0.2, 0) is 0 Å². The summed E-state index contributed by atoms with van der Waals surface area (Å²) in [4.78, 5) is 1.25. The van der Waals surface area contributed by atoms with Crippen molar-refractivity contribution in [1.82, 2.24) is 5.32 Å². The summed E-state index contributed by atoms with van der Waals surface area (Å²) in [5, 5.41) is 3.42. The van der Waals surface area contributed by atoms with Gasteiger partial charge in [0.25, 0.3) is 0 Å². The van der Waals surface area contributed by atoms with Crippen molar-refractivity contribution in [3.8, 4) is 5.75 Å². The van der Waals surface area contributed by atoms with Gasteiger partial charge in [-0.1, -0.05) is 19.1 Å². The summed E-state index contributed by atoms with van der Waals surface area (Å²) in [5.41, 5.74) is 0. The molecule has 0 aliphatic carbocycles. The van der Waals surface area contributed by atoms with Crippen molar-refractivity contribution >= 4 is 11.8 Å². The predicted molar refractivity (Wildman–Crippen MR) is 76.1 cm³/mol. The van der Waals surface area contributed by atoms with Crippen LogP contribution in [0, 0.1) is 0 Å². The molecule has 0 saturated carbocycles. The number of nitrogens with one attached hydrogen (secondary N) is 1. The van der Waals surface area contributed by atoms with Gasteiger partial charge in [0.15, 0.2) is 0 Å². The van der Waals surface area contributed by atoms with Crippen LogP contribution in [0.4, 0.5) is 0 Å². The first-order chi connectivity index (χ1) is 8.38. The molecule has 0 atom stereocenters. The maximum absolute atomic E-state index is 5.32. The highest BCUT2D eigenvalue weighted by Crippen LogP contribution is 2.29. The van der Waals surface area contributed by atoms with Crippen LogP contribution in [-0.4, -0.2) is 26.0 Å². The lowest BCUT2D eigenvalue weighted by Crippen LogP contribution is -2.15. The highest BCUT2D eigenvalue weighted by atomic mass is 32.2. The number of hydrogen-bond acceptors (Lipinski definition) is 3. The Bertz CT molecular complexity index is 304. The molecule has 1 N–H and O–H groups in total. The molecule has 3 heteroatoms. The smallest absolute Gasteiger partial charge is 0.132 e. The van der Waals surface area contributed by atoms with Gasteiger partial charge in [-0.3, -0.25) is 0 Å². The predicted octanol–water partition coefficient (Wildman–Crippen LogP) is 3.57. The molecule has 0 fully saturated rings. The van der Waals surface area contributed by atoms with Crippen molar-refractivity contribution in [2.75, 3.05) is 26.0 Å². The third-order valence-electron chi connectivity index (χ3n) is 2.50. The fourth-order valence-electron chi connectivity index (χ4n) is 1.57. The minimum absolute atomic E-state index is 0.988. The van der Waals surface area contributed by atoms with Gasteiger partial charge in [-0.15, -0.1) is 11.8 Å². The molecule has 1 rings (SSSR count). The Kier molecular flexibility index (Phi) is 7.93. The molecule has 0 radical (unpaired) electrons. The van der Waals surface area contributed by atoms with E-state index in [0.29, 0.717) is 0 Å². The number of benzene rings is 1. The van der Waals surface area contributed by atoms with Gasteiger partial charge in [-0.2, -0.15) is 0 Å². The topological polar surface area (TPSA) is 21.3 Å². The summed E-state index contributed by atoms with van der Waals surface area (Å²) in [6.45, 7) is 4.48. The number of para-hydroxylation sites is 1. The molecule has 0 heterocycles. The molecule has 0 unspecified atom stereocenters. The van der Waals surface area contributed by atoms with Gasteiger partial charge in [-0.05, 0) is 50.2 Å². The maximum atomic E-state index is 5.32. The first kappa shape index (κ1) is 14.4. The lowest BCUT2D eigenvalue weighted by Gasteiger charge is -2.07. The lowest BCUT2D eigenvalue weighted by atomic mass is 10.3. The molecule has 0 aliphatic rings. The average Bonchev–Trinajstić information content (AvgIpc) is 2.38. The van der Waals surface area contributed by atoms with E-state index >= 15 is 0 Å². The molecule has 1 aromatic rings. The van der Waals surface area contributed by atoms with Crippen LogP contribution >= 0.6 is 11.8 Å². The monoisotopic (exact) mass is 253 g/mol. The largest absolute Gasteiger partial charge is 0.496 e. The van der Waals surface area contributed by atoms with Crippen molar-refractivity contribution in [2.24, 2.45) is 0 Å². The highest BCUT2D eigenvalue weighted by Gasteiger charge is 2.01. The summed E-state index contributed by atoms with van der Waals surface area (Å²) >= 11 is 1.88. The third-order valence-corrected chi connectivity index (χ3v) is 3.64. The molecular formula is C14H23NOS. The van der Waals surface area contributed by atoms with E-state index < -0.39 is 0 Å². The van der Waals surface area contributed by atoms with E-state index in [2.05, 4.69) is 24.4 Å². The Morgan fingerprint density at radius 2 is 2.00 bits per heavy atom. The van der Waals surface area contributed by atoms with E-state index in [0.717, 1.165) is 24.6 Å². The maximum Gasteiger partial charge on any atom is 0.132 e. The van der Waals surface area contributed by atoms with E-state index in [-0.39, 0.29) is 0 Å². The molecular weight excluding hydrogens is 230 g/mol. The Labute approximate surface area is 109 Å². The minimum atomic E-state index is 0.988. The van der Waals surface area contributed by atoms with Gasteiger partial charge in [0.05, 0.1) is 7.11 Å². The van der Waals surface area contributed by atoms with Crippen molar-refractivity contribution in [1.29, 1.82) is 0 Å². The molecule has 0 saturated heterocycles. The van der Waals surface area contributed by atoms with E-state index in [1.165, 1.54) is 24.2 Å². The molecule has 17 heavy (non-hydrogen) atoms. The number of unbranched alkanes of at least 4 members (excludes halogenated alkanes) is 1. The van der Waals surface area contributed by atoms with Crippen LogP contribution in [0.2, 0.25) is 0 Å². The summed E-state index contributed by atoms with van der Waals surface area (Å²) in [7, 11) is 1.73. The number of hydrogen-bond donors (Lipinski definition) is 1. The Balaban J connectivity index is 2.13. The zero-order valence-corrected chi connectivity index (χ0v) is 11.7. The molecule has 0 amide bonds. The van der Waals surface area contributed by atoms with Crippen LogP contribution in [0.5, 0.6) is 5.75 Å². The Morgan fingerprint density at radius 1 is 1.18 bits per heavy atom. The van der Waals surface area contributed by atoms with Gasteiger partial charge < -0.3 is 10.1 Å². The standard InChI is InChI=1S/C14H23NOS/c1-3-10-15-11-6-7-12-17-14-9-5-4-8-13(14)16-2/h4-5,8-9,15H,3,6-7,10-12H2,1-2H3. The highest BCUT2D eigenvalue weighted by molar-refractivity contribution is 7.99. The molecule has 1 aromatic carbocycles. The van der Waals surface area contributed by atoms with Crippen LogP contribution in [0.3, 0.4) is 0 Å². The van der Waals surface area contributed by atoms with E-state index in [9.17, 15) is 0 Å². The summed E-state index contributed by atoms with van der Waals surface area (Å²) < 4.78 is 5.32. The second-order valence-electron chi connectivity index (χ2n) is 3.96. The van der Waals surface area contributed by atoms with Crippen molar-refractivity contribution in [3.63, 3.8) is 0 Å². The fourth-order valence-corrected chi connectivity index (χ4v) is 2.61. The molecule has 2 nitrogen and oxygen atoms in total. The number of thioether (sulfide) groups is 1. The van der Waals surface area contributed by atoms with Gasteiger partial charge >= 0.3 is 0 Å². The summed E-state index contributed by atoms with van der Waals surface area (Å²) in [6.07, 6.45) is 3.72. The second kappa shape index (κ2) is 9.37. The van der Waals surface area contributed by atoms with Crippen molar-refractivity contribution in [2.45, 2.75) is 31.1 Å². The van der Waals surface area contributed by atoms with E-state index in [1.807, 2.05) is 23.9 Å². The molecule has 0 aliphatic heterocycles. The average molecular weight is 253 g/mol. The van der Waals surface area contributed by atoms with E-state index in [1.54, 1.807) is 7.11 Å². The van der Waals surface area contributed by atoms with Crippen LogP contribution in [0.25, 0.3) is 0 Å². The zero-order valence-electron chi connectivity index (χ0n) is 10.9. The van der Waals surface area contributed by atoms with Crippen molar-refractivity contribution < 1.29 is 4.74 Å². The Hall–Kier alpha value is -0.670. The number of methoxy groups -OCH3 is 1. The van der Waals surface area contributed by atoms with E-state index in [4.69, 9.17) is 4.74 Å². The number of ether oxygens (including phenoxy) is 1. The molecule has 0 spiro atoms. The lowest BCUT2D eigenvalue weighted by molar-refractivity contribution is 0.405. The van der Waals surface area contributed by atoms with Crippen LogP contribution in [0.15, 0.2) is 29.2 Å². The third kappa shape index (κ3) is 5.99. The fraction of sp³-hybridized carbons (Fsp3) is 0.571. The van der Waals surface area contributed by atoms with Crippen LogP contribution < -0.4 is 10.1 Å². The molecule has 0 aromatic heterocycles. The molecule has 96 valence electrons. The zero-order chi connectivity index (χ0) is 12.3. The number of rotatable bonds is 9. The first-order valence-corrected chi connectivity index (χ1v) is 7.33. The first-order valence-electron chi connectivity index (χ1n) is 6.35. The van der Waals surface area contributed by atoms with Gasteiger partial charge in [0, 0.05) is 4.90 Å². The minimum Gasteiger partial charge on any atom is -0.496 e. The van der Waals surface area contributed by atoms with Crippen LogP contribution in [0.1, 0.15) is 26.2 Å². The van der Waals surface area contributed by atoms with Gasteiger partial charge in [0.1, 0.15) is 5.75 Å². The van der Waals surface area contributed by atoms with Gasteiger partial charge in [-0.25, -0.2) is 0 Å². The van der Waals surface area contributed by atoms with Crippen molar-refractivity contribution in [3.05, 3.63) is 24.3 Å². The quantitative estimate of drug-likeness (QED) is 0.537. The second-order valence-corrected chi connectivity index (χ2v) is 5.09. The normalized spacial score (nSPS) is 10.5. The summed E-state index contributed by atoms with van der Waals surface area (Å²) in [5.74, 6) is 2.15. The SMILES string of the molecule is CCCNCCCCSc1ccccc1OC. The molecule has 0 bridgehead atoms. The van der Waals surface area contributed by atoms with Gasteiger partial charge in [0.2, 0.25) is 0 Å². The Morgan fingerprint density at radius 3 is 2.76 bits per heavy atom. The summed E-state index contributed by atoms with van der Waals surface area (Å²) in [6, 6.07) is 8.22.